The van der Waals surface area contributed by atoms with E-state index in [9.17, 15) is 13.6 Å². The molecule has 2 aliphatic heterocycles. The summed E-state index contributed by atoms with van der Waals surface area (Å²) in [4.78, 5) is 14.4. The van der Waals surface area contributed by atoms with Gasteiger partial charge in [0.1, 0.15) is 12.4 Å². The number of nitrogens with zero attached hydrogens (tertiary/aromatic N) is 1. The van der Waals surface area contributed by atoms with Crippen LogP contribution in [0.3, 0.4) is 0 Å². The zero-order valence-corrected chi connectivity index (χ0v) is 15.5. The number of methoxy groups -OCH3 is 1. The summed E-state index contributed by atoms with van der Waals surface area (Å²) in [6.45, 7) is 0.225. The van der Waals surface area contributed by atoms with Crippen LogP contribution in [0.25, 0.3) is 5.57 Å². The predicted molar refractivity (Wildman–Crippen MR) is 101 cm³/mol. The van der Waals surface area contributed by atoms with Gasteiger partial charge in [-0.25, -0.2) is 13.6 Å². The first-order valence-electron chi connectivity index (χ1n) is 9.30. The van der Waals surface area contributed by atoms with Crippen molar-refractivity contribution in [3.05, 3.63) is 71.3 Å². The second-order valence-corrected chi connectivity index (χ2v) is 7.11. The standard InChI is InChI=1S/C22H21F2NO3/c1-27-21-12-20(24)19(23)11-18(21)15-9-16-7-8-17(10-15)25(16)22(26)28-13-14-5-3-2-4-6-14/h2-6,9,11-12,16-17H,7-8,10,13H2,1H3. The Kier molecular flexibility index (Phi) is 5.03. The molecule has 4 rings (SSSR count). The lowest BCUT2D eigenvalue weighted by Gasteiger charge is -2.33. The molecule has 2 aromatic carbocycles. The van der Waals surface area contributed by atoms with Gasteiger partial charge in [-0.2, -0.15) is 0 Å². The van der Waals surface area contributed by atoms with E-state index in [4.69, 9.17) is 9.47 Å². The normalized spacial score (nSPS) is 20.7. The van der Waals surface area contributed by atoms with Crippen molar-refractivity contribution in [2.45, 2.75) is 38.0 Å². The molecule has 2 atom stereocenters. The Labute approximate surface area is 162 Å². The highest BCUT2D eigenvalue weighted by molar-refractivity contribution is 5.77. The third-order valence-corrected chi connectivity index (χ3v) is 5.40. The van der Waals surface area contributed by atoms with Crippen LogP contribution >= 0.6 is 0 Å². The summed E-state index contributed by atoms with van der Waals surface area (Å²) < 4.78 is 38.0. The molecular formula is C22H21F2NO3. The maximum atomic E-state index is 13.8. The fourth-order valence-electron chi connectivity index (χ4n) is 4.06. The molecule has 0 aliphatic carbocycles. The van der Waals surface area contributed by atoms with E-state index in [0.29, 0.717) is 17.7 Å². The molecule has 4 nitrogen and oxygen atoms in total. The first-order valence-corrected chi connectivity index (χ1v) is 9.30. The lowest BCUT2D eigenvalue weighted by atomic mass is 9.94. The molecule has 6 heteroatoms. The van der Waals surface area contributed by atoms with Crippen molar-refractivity contribution < 1.29 is 23.0 Å². The van der Waals surface area contributed by atoms with E-state index >= 15 is 0 Å². The van der Waals surface area contributed by atoms with Gasteiger partial charge >= 0.3 is 6.09 Å². The summed E-state index contributed by atoms with van der Waals surface area (Å²) >= 11 is 0. The lowest BCUT2D eigenvalue weighted by molar-refractivity contribution is 0.0832. The summed E-state index contributed by atoms with van der Waals surface area (Å²) in [6, 6.07) is 11.6. The molecule has 2 aromatic rings. The number of hydrogen-bond donors (Lipinski definition) is 0. The van der Waals surface area contributed by atoms with Gasteiger partial charge in [-0.1, -0.05) is 36.4 Å². The van der Waals surface area contributed by atoms with Crippen LogP contribution in [0.1, 0.15) is 30.4 Å². The topological polar surface area (TPSA) is 38.8 Å². The van der Waals surface area contributed by atoms with Gasteiger partial charge in [0.25, 0.3) is 0 Å². The minimum Gasteiger partial charge on any atom is -0.496 e. The molecule has 1 fully saturated rings. The molecule has 0 radical (unpaired) electrons. The van der Waals surface area contributed by atoms with Crippen molar-refractivity contribution in [3.8, 4) is 5.75 Å². The number of halogens is 2. The van der Waals surface area contributed by atoms with E-state index < -0.39 is 11.6 Å². The van der Waals surface area contributed by atoms with E-state index in [2.05, 4.69) is 0 Å². The van der Waals surface area contributed by atoms with Gasteiger partial charge in [-0.05, 0) is 36.5 Å². The number of ether oxygens (including phenoxy) is 2. The highest BCUT2D eigenvalue weighted by Gasteiger charge is 2.41. The van der Waals surface area contributed by atoms with Crippen LogP contribution in [0, 0.1) is 11.6 Å². The second kappa shape index (κ2) is 7.62. The Hall–Kier alpha value is -2.89. The molecule has 28 heavy (non-hydrogen) atoms. The van der Waals surface area contributed by atoms with Gasteiger partial charge < -0.3 is 9.47 Å². The number of hydrogen-bond acceptors (Lipinski definition) is 3. The summed E-state index contributed by atoms with van der Waals surface area (Å²) in [7, 11) is 1.43. The van der Waals surface area contributed by atoms with Crippen LogP contribution in [0.2, 0.25) is 0 Å². The zero-order valence-electron chi connectivity index (χ0n) is 15.5. The van der Waals surface area contributed by atoms with Gasteiger partial charge in [0.2, 0.25) is 0 Å². The summed E-state index contributed by atoms with van der Waals surface area (Å²) in [5, 5.41) is 0. The monoisotopic (exact) mass is 385 g/mol. The van der Waals surface area contributed by atoms with E-state index in [-0.39, 0.29) is 24.8 Å². The molecule has 0 aromatic heterocycles. The number of carbonyl (C=O) groups excluding carboxylic acids is 1. The molecule has 2 bridgehead atoms. The Morgan fingerprint density at radius 1 is 1.14 bits per heavy atom. The van der Waals surface area contributed by atoms with Gasteiger partial charge in [0.15, 0.2) is 11.6 Å². The summed E-state index contributed by atoms with van der Waals surface area (Å²) in [5.41, 5.74) is 2.34. The number of amides is 1. The highest BCUT2D eigenvalue weighted by Crippen LogP contribution is 2.41. The van der Waals surface area contributed by atoms with Crippen molar-refractivity contribution in [1.29, 1.82) is 0 Å². The molecule has 2 heterocycles. The molecular weight excluding hydrogens is 364 g/mol. The molecule has 0 spiro atoms. The van der Waals surface area contributed by atoms with Crippen molar-refractivity contribution in [2.24, 2.45) is 0 Å². The third-order valence-electron chi connectivity index (χ3n) is 5.40. The maximum Gasteiger partial charge on any atom is 0.410 e. The molecule has 1 amide bonds. The fourth-order valence-corrected chi connectivity index (χ4v) is 4.06. The van der Waals surface area contributed by atoms with Crippen LogP contribution in [0.15, 0.2) is 48.5 Å². The largest absolute Gasteiger partial charge is 0.496 e. The van der Waals surface area contributed by atoms with Crippen LogP contribution in [0.4, 0.5) is 13.6 Å². The van der Waals surface area contributed by atoms with Crippen LogP contribution in [0.5, 0.6) is 5.75 Å². The minimum absolute atomic E-state index is 0.0221. The van der Waals surface area contributed by atoms with Crippen molar-refractivity contribution in [2.75, 3.05) is 7.11 Å². The van der Waals surface area contributed by atoms with E-state index in [1.807, 2.05) is 36.4 Å². The number of rotatable bonds is 4. The predicted octanol–water partition coefficient (Wildman–Crippen LogP) is 4.93. The molecule has 2 unspecified atom stereocenters. The first kappa shape index (κ1) is 18.5. The maximum absolute atomic E-state index is 13.8. The van der Waals surface area contributed by atoms with Gasteiger partial charge in [0.05, 0.1) is 13.2 Å². The van der Waals surface area contributed by atoms with E-state index in [0.717, 1.165) is 30.0 Å². The minimum atomic E-state index is -0.939. The van der Waals surface area contributed by atoms with Crippen LogP contribution in [-0.4, -0.2) is 30.2 Å². The van der Waals surface area contributed by atoms with Crippen molar-refractivity contribution in [3.63, 3.8) is 0 Å². The molecule has 146 valence electrons. The quantitative estimate of drug-likeness (QED) is 0.749. The SMILES string of the molecule is COc1cc(F)c(F)cc1C1=CC2CCC(C1)N2C(=O)OCc1ccccc1. The first-order chi connectivity index (χ1) is 13.6. The zero-order chi connectivity index (χ0) is 19.7. The average Bonchev–Trinajstić information content (AvgIpc) is 2.98. The molecule has 0 saturated carbocycles. The van der Waals surface area contributed by atoms with Crippen LogP contribution < -0.4 is 4.74 Å². The second-order valence-electron chi connectivity index (χ2n) is 7.11. The van der Waals surface area contributed by atoms with Crippen LogP contribution in [-0.2, 0) is 11.3 Å². The Morgan fingerprint density at radius 2 is 1.89 bits per heavy atom. The van der Waals surface area contributed by atoms with Crippen molar-refractivity contribution in [1.82, 2.24) is 4.90 Å². The van der Waals surface area contributed by atoms with Gasteiger partial charge in [-0.15, -0.1) is 0 Å². The molecule has 2 aliphatic rings. The smallest absolute Gasteiger partial charge is 0.410 e. The number of fused-ring (bicyclic) bond motifs is 2. The highest BCUT2D eigenvalue weighted by atomic mass is 19.2. The third kappa shape index (κ3) is 3.46. The fraction of sp³-hybridized carbons (Fsp3) is 0.318. The number of benzene rings is 2. The lowest BCUT2D eigenvalue weighted by Crippen LogP contribution is -2.43. The van der Waals surface area contributed by atoms with E-state index in [1.165, 1.54) is 13.2 Å². The summed E-state index contributed by atoms with van der Waals surface area (Å²) in [6.07, 6.45) is 3.82. The average molecular weight is 385 g/mol. The Bertz CT molecular complexity index is 913. The Morgan fingerprint density at radius 3 is 2.61 bits per heavy atom. The van der Waals surface area contributed by atoms with Gasteiger partial charge in [0, 0.05) is 17.7 Å². The van der Waals surface area contributed by atoms with Crippen molar-refractivity contribution >= 4 is 11.7 Å². The number of carbonyl (C=O) groups is 1. The van der Waals surface area contributed by atoms with E-state index in [1.54, 1.807) is 4.90 Å². The van der Waals surface area contributed by atoms with Gasteiger partial charge in [-0.3, -0.25) is 4.90 Å². The molecule has 1 saturated heterocycles. The Balaban J connectivity index is 1.53. The molecule has 0 N–H and O–H groups in total. The summed E-state index contributed by atoms with van der Waals surface area (Å²) in [5.74, 6) is -1.55.